The van der Waals surface area contributed by atoms with Crippen molar-refractivity contribution in [2.75, 3.05) is 24.5 Å². The largest absolute Gasteiger partial charge is 0.361 e. The fraction of sp³-hybridized carbons (Fsp3) is 0.353. The number of carbonyl (C=O) groups is 2. The van der Waals surface area contributed by atoms with Gasteiger partial charge >= 0.3 is 0 Å². The number of rotatable bonds is 4. The van der Waals surface area contributed by atoms with E-state index in [0.717, 1.165) is 5.69 Å². The molecule has 6 heteroatoms. The normalized spacial score (nSPS) is 14.4. The quantitative estimate of drug-likeness (QED) is 0.867. The lowest BCUT2D eigenvalue weighted by molar-refractivity contribution is -0.126. The van der Waals surface area contributed by atoms with Gasteiger partial charge in [-0.1, -0.05) is 23.4 Å². The summed E-state index contributed by atoms with van der Waals surface area (Å²) in [6, 6.07) is 11.2. The minimum Gasteiger partial charge on any atom is -0.361 e. The van der Waals surface area contributed by atoms with Crippen molar-refractivity contribution >= 4 is 17.5 Å². The third-order valence-electron chi connectivity index (χ3n) is 4.02. The Morgan fingerprint density at radius 2 is 2.00 bits per heavy atom. The van der Waals surface area contributed by atoms with Gasteiger partial charge in [0.15, 0.2) is 5.69 Å². The van der Waals surface area contributed by atoms with E-state index in [1.807, 2.05) is 37.3 Å². The number of amides is 2. The van der Waals surface area contributed by atoms with Crippen molar-refractivity contribution in [1.82, 2.24) is 10.1 Å². The molecule has 0 atom stereocenters. The first-order valence-corrected chi connectivity index (χ1v) is 7.69. The van der Waals surface area contributed by atoms with Gasteiger partial charge in [0.25, 0.3) is 5.91 Å². The summed E-state index contributed by atoms with van der Waals surface area (Å²) >= 11 is 0. The maximum atomic E-state index is 12.6. The summed E-state index contributed by atoms with van der Waals surface area (Å²) in [6.07, 6.45) is 0. The Hall–Kier alpha value is -2.63. The number of carbonyl (C=O) groups excluding carboxylic acids is 2. The van der Waals surface area contributed by atoms with Crippen molar-refractivity contribution in [3.05, 3.63) is 47.9 Å². The summed E-state index contributed by atoms with van der Waals surface area (Å²) in [7, 11) is 0. The minimum absolute atomic E-state index is 0.0547. The second-order valence-corrected chi connectivity index (χ2v) is 5.65. The van der Waals surface area contributed by atoms with E-state index in [1.54, 1.807) is 22.8 Å². The molecule has 2 heterocycles. The molecule has 1 saturated heterocycles. The van der Waals surface area contributed by atoms with Crippen molar-refractivity contribution in [2.45, 2.75) is 13.8 Å². The van der Waals surface area contributed by atoms with Crippen LogP contribution in [0.15, 0.2) is 40.9 Å². The molecule has 3 rings (SSSR count). The van der Waals surface area contributed by atoms with Gasteiger partial charge in [0.05, 0.1) is 5.92 Å². The number of aromatic nitrogens is 1. The molecule has 0 N–H and O–H groups in total. The molecule has 1 aromatic carbocycles. The Balaban J connectivity index is 1.62. The molecule has 0 aliphatic carbocycles. The first-order chi connectivity index (χ1) is 11.1. The summed E-state index contributed by atoms with van der Waals surface area (Å²) in [5, 5.41) is 3.73. The lowest BCUT2D eigenvalue weighted by Crippen LogP contribution is -2.56. The van der Waals surface area contributed by atoms with Crippen molar-refractivity contribution in [2.24, 2.45) is 5.92 Å². The number of aryl methyl sites for hydroxylation is 1. The number of anilines is 1. The smallest absolute Gasteiger partial charge is 0.276 e. The highest BCUT2D eigenvalue weighted by Gasteiger charge is 2.39. The fourth-order valence-corrected chi connectivity index (χ4v) is 2.72. The first-order valence-electron chi connectivity index (χ1n) is 7.69. The molecule has 120 valence electrons. The topological polar surface area (TPSA) is 66.7 Å². The number of hydrogen-bond donors (Lipinski definition) is 0. The lowest BCUT2D eigenvalue weighted by Gasteiger charge is -2.40. The Labute approximate surface area is 134 Å². The lowest BCUT2D eigenvalue weighted by atomic mass is 9.97. The minimum atomic E-state index is -0.186. The third kappa shape index (κ3) is 2.97. The molecule has 1 aliphatic heterocycles. The molecule has 1 aromatic heterocycles. The van der Waals surface area contributed by atoms with E-state index in [2.05, 4.69) is 5.16 Å². The van der Waals surface area contributed by atoms with Crippen LogP contribution in [0.25, 0.3) is 0 Å². The zero-order valence-electron chi connectivity index (χ0n) is 13.2. The molecule has 0 spiro atoms. The van der Waals surface area contributed by atoms with E-state index in [0.29, 0.717) is 31.1 Å². The molecule has 0 unspecified atom stereocenters. The van der Waals surface area contributed by atoms with Crippen LogP contribution in [0.3, 0.4) is 0 Å². The molecule has 0 saturated carbocycles. The maximum absolute atomic E-state index is 12.6. The number of benzene rings is 1. The fourth-order valence-electron chi connectivity index (χ4n) is 2.72. The van der Waals surface area contributed by atoms with Crippen molar-refractivity contribution in [3.63, 3.8) is 0 Å². The Kier molecular flexibility index (Phi) is 4.14. The molecule has 1 aliphatic rings. The summed E-state index contributed by atoms with van der Waals surface area (Å²) in [5.74, 6) is 0.308. The van der Waals surface area contributed by atoms with Crippen LogP contribution in [0.4, 0.5) is 5.69 Å². The third-order valence-corrected chi connectivity index (χ3v) is 4.02. The van der Waals surface area contributed by atoms with Gasteiger partial charge in [-0.3, -0.25) is 9.59 Å². The molecule has 1 fully saturated rings. The van der Waals surface area contributed by atoms with Gasteiger partial charge in [-0.05, 0) is 26.0 Å². The maximum Gasteiger partial charge on any atom is 0.276 e. The summed E-state index contributed by atoms with van der Waals surface area (Å²) in [5.41, 5.74) is 1.18. The van der Waals surface area contributed by atoms with Gasteiger partial charge in [0, 0.05) is 31.4 Å². The van der Waals surface area contributed by atoms with Crippen LogP contribution in [0.5, 0.6) is 0 Å². The van der Waals surface area contributed by atoms with Crippen molar-refractivity contribution in [3.8, 4) is 0 Å². The highest BCUT2D eigenvalue weighted by atomic mass is 16.5. The summed E-state index contributed by atoms with van der Waals surface area (Å²) in [6.45, 7) is 5.14. The van der Waals surface area contributed by atoms with Crippen molar-refractivity contribution < 1.29 is 14.1 Å². The van der Waals surface area contributed by atoms with Crippen LogP contribution >= 0.6 is 0 Å². The monoisotopic (exact) mass is 313 g/mol. The highest BCUT2D eigenvalue weighted by Crippen LogP contribution is 2.23. The van der Waals surface area contributed by atoms with Crippen LogP contribution in [0, 0.1) is 12.8 Å². The predicted octanol–water partition coefficient (Wildman–Crippen LogP) is 2.11. The Morgan fingerprint density at radius 1 is 1.30 bits per heavy atom. The van der Waals surface area contributed by atoms with Crippen LogP contribution in [0.2, 0.25) is 0 Å². The van der Waals surface area contributed by atoms with E-state index in [1.165, 1.54) is 0 Å². The van der Waals surface area contributed by atoms with E-state index >= 15 is 0 Å². The van der Waals surface area contributed by atoms with Crippen LogP contribution in [0.1, 0.15) is 23.2 Å². The molecular formula is C17H19N3O3. The average Bonchev–Trinajstić information content (AvgIpc) is 2.94. The second-order valence-electron chi connectivity index (χ2n) is 5.65. The van der Waals surface area contributed by atoms with Gasteiger partial charge in [-0.25, -0.2) is 0 Å². The first kappa shape index (κ1) is 15.3. The van der Waals surface area contributed by atoms with Gasteiger partial charge in [-0.2, -0.15) is 0 Å². The molecule has 2 amide bonds. The average molecular weight is 313 g/mol. The van der Waals surface area contributed by atoms with Crippen LogP contribution in [-0.2, 0) is 4.79 Å². The number of hydrogen-bond acceptors (Lipinski definition) is 4. The van der Waals surface area contributed by atoms with E-state index in [-0.39, 0.29) is 17.7 Å². The number of para-hydroxylation sites is 1. The second kappa shape index (κ2) is 6.24. The van der Waals surface area contributed by atoms with E-state index in [9.17, 15) is 9.59 Å². The van der Waals surface area contributed by atoms with Gasteiger partial charge in [0.2, 0.25) is 5.91 Å². The Bertz CT molecular complexity index is 705. The van der Waals surface area contributed by atoms with Crippen LogP contribution < -0.4 is 4.90 Å². The molecule has 6 nitrogen and oxygen atoms in total. The molecule has 2 aromatic rings. The van der Waals surface area contributed by atoms with E-state index < -0.39 is 0 Å². The highest BCUT2D eigenvalue weighted by molar-refractivity contribution is 5.98. The molecule has 23 heavy (non-hydrogen) atoms. The number of likely N-dealkylation sites (tertiary alicyclic amines) is 1. The van der Waals surface area contributed by atoms with E-state index in [4.69, 9.17) is 4.52 Å². The van der Waals surface area contributed by atoms with Gasteiger partial charge in [-0.15, -0.1) is 0 Å². The summed E-state index contributed by atoms with van der Waals surface area (Å²) < 4.78 is 4.92. The zero-order valence-corrected chi connectivity index (χ0v) is 13.2. The standard InChI is InChI=1S/C17H19N3O3/c1-3-20(14-7-5-4-6-8-14)16(21)13-10-19(11-13)17(22)15-9-12(2)23-18-15/h4-9,13H,3,10-11H2,1-2H3. The van der Waals surface area contributed by atoms with Gasteiger partial charge < -0.3 is 14.3 Å². The molecular weight excluding hydrogens is 294 g/mol. The Morgan fingerprint density at radius 3 is 2.57 bits per heavy atom. The predicted molar refractivity (Wildman–Crippen MR) is 85.1 cm³/mol. The molecule has 0 bridgehead atoms. The van der Waals surface area contributed by atoms with Gasteiger partial charge in [0.1, 0.15) is 5.76 Å². The summed E-state index contributed by atoms with van der Waals surface area (Å²) in [4.78, 5) is 28.2. The van der Waals surface area contributed by atoms with Crippen molar-refractivity contribution in [1.29, 1.82) is 0 Å². The zero-order chi connectivity index (χ0) is 16.4. The van der Waals surface area contributed by atoms with Crippen LogP contribution in [-0.4, -0.2) is 41.5 Å². The SMILES string of the molecule is CCN(C(=O)C1CN(C(=O)c2cc(C)on2)C1)c1ccccc1. The molecule has 0 radical (unpaired) electrons. The number of nitrogens with zero attached hydrogens (tertiary/aromatic N) is 3.